The number of rotatable bonds is 7. The van der Waals surface area contributed by atoms with E-state index in [1.165, 1.54) is 9.58 Å². The maximum atomic E-state index is 12.5. The van der Waals surface area contributed by atoms with Gasteiger partial charge >= 0.3 is 6.18 Å². The standard InChI is InChI=1S/C17H19ClF3N5O2/c1-3-25(15(28)7-6-14(27)24(2)11-17(19,20)21)13-10-26(23-16(13)18)12-5-4-8-22-9-12/h4-5,8-10H,3,6-7,11H2,1-2H3. The average Bonchev–Trinajstić information content (AvgIpc) is 3.01. The largest absolute Gasteiger partial charge is 0.406 e. The van der Waals surface area contributed by atoms with Gasteiger partial charge in [-0.15, -0.1) is 0 Å². The topological polar surface area (TPSA) is 71.3 Å². The van der Waals surface area contributed by atoms with Crippen molar-refractivity contribution in [3.63, 3.8) is 0 Å². The van der Waals surface area contributed by atoms with Crippen LogP contribution in [0.15, 0.2) is 30.7 Å². The summed E-state index contributed by atoms with van der Waals surface area (Å²) in [6.45, 7) is 0.609. The van der Waals surface area contributed by atoms with Crippen LogP contribution < -0.4 is 4.90 Å². The van der Waals surface area contributed by atoms with E-state index >= 15 is 0 Å². The van der Waals surface area contributed by atoms with E-state index in [1.54, 1.807) is 37.6 Å². The van der Waals surface area contributed by atoms with Crippen LogP contribution in [0, 0.1) is 0 Å². The van der Waals surface area contributed by atoms with Crippen LogP contribution in [0.4, 0.5) is 18.9 Å². The van der Waals surface area contributed by atoms with Crippen LogP contribution in [0.5, 0.6) is 0 Å². The highest BCUT2D eigenvalue weighted by atomic mass is 35.5. The highest BCUT2D eigenvalue weighted by Gasteiger charge is 2.31. The van der Waals surface area contributed by atoms with Crippen LogP contribution in [-0.2, 0) is 9.59 Å². The summed E-state index contributed by atoms with van der Waals surface area (Å²) in [4.78, 5) is 30.2. The predicted octanol–water partition coefficient (Wildman–Crippen LogP) is 3.07. The summed E-state index contributed by atoms with van der Waals surface area (Å²) in [5.74, 6) is -1.21. The quantitative estimate of drug-likeness (QED) is 0.694. The third kappa shape index (κ3) is 5.69. The Balaban J connectivity index is 2.06. The molecule has 0 unspecified atom stereocenters. The van der Waals surface area contributed by atoms with E-state index in [2.05, 4.69) is 10.1 Å². The fraction of sp³-hybridized carbons (Fsp3) is 0.412. The Morgan fingerprint density at radius 3 is 2.50 bits per heavy atom. The SMILES string of the molecule is CCN(C(=O)CCC(=O)N(C)CC(F)(F)F)c1cn(-c2cccnc2)nc1Cl. The molecule has 0 saturated heterocycles. The van der Waals surface area contributed by atoms with Gasteiger partial charge in [-0.1, -0.05) is 11.6 Å². The van der Waals surface area contributed by atoms with Gasteiger partial charge in [0.15, 0.2) is 5.15 Å². The molecule has 0 radical (unpaired) electrons. The minimum atomic E-state index is -4.49. The van der Waals surface area contributed by atoms with Crippen LogP contribution in [0.1, 0.15) is 19.8 Å². The number of alkyl halides is 3. The third-order valence-electron chi connectivity index (χ3n) is 3.86. The molecule has 2 aromatic heterocycles. The molecule has 0 fully saturated rings. The maximum Gasteiger partial charge on any atom is 0.406 e. The molecule has 152 valence electrons. The van der Waals surface area contributed by atoms with Crippen molar-refractivity contribution in [3.8, 4) is 5.69 Å². The van der Waals surface area contributed by atoms with Crippen LogP contribution in [-0.4, -0.2) is 57.8 Å². The fourth-order valence-electron chi connectivity index (χ4n) is 2.52. The van der Waals surface area contributed by atoms with Gasteiger partial charge in [-0.05, 0) is 19.1 Å². The van der Waals surface area contributed by atoms with E-state index in [0.29, 0.717) is 16.3 Å². The van der Waals surface area contributed by atoms with Crippen molar-refractivity contribution in [2.45, 2.75) is 25.9 Å². The maximum absolute atomic E-state index is 12.5. The van der Waals surface area contributed by atoms with Crippen LogP contribution in [0.3, 0.4) is 0 Å². The number of nitrogens with zero attached hydrogens (tertiary/aromatic N) is 5. The van der Waals surface area contributed by atoms with Gasteiger partial charge in [-0.2, -0.15) is 18.3 Å². The fourth-order valence-corrected chi connectivity index (χ4v) is 2.76. The first-order valence-corrected chi connectivity index (χ1v) is 8.76. The molecule has 28 heavy (non-hydrogen) atoms. The van der Waals surface area contributed by atoms with Crippen molar-refractivity contribution in [2.75, 3.05) is 25.0 Å². The average molecular weight is 418 g/mol. The number of halogens is 4. The van der Waals surface area contributed by atoms with E-state index in [9.17, 15) is 22.8 Å². The number of aromatic nitrogens is 3. The zero-order chi connectivity index (χ0) is 20.9. The summed E-state index contributed by atoms with van der Waals surface area (Å²) in [5, 5.41) is 4.23. The lowest BCUT2D eigenvalue weighted by Crippen LogP contribution is -2.37. The van der Waals surface area contributed by atoms with Gasteiger partial charge in [0.05, 0.1) is 18.1 Å². The van der Waals surface area contributed by atoms with Gasteiger partial charge in [-0.25, -0.2) is 4.68 Å². The van der Waals surface area contributed by atoms with E-state index in [1.807, 2.05) is 0 Å². The summed E-state index contributed by atoms with van der Waals surface area (Å²) in [7, 11) is 1.05. The van der Waals surface area contributed by atoms with Crippen molar-refractivity contribution in [1.82, 2.24) is 19.7 Å². The Labute approximate surface area is 164 Å². The molecule has 0 N–H and O–H groups in total. The Morgan fingerprint density at radius 2 is 1.93 bits per heavy atom. The Bertz CT molecular complexity index is 826. The van der Waals surface area contributed by atoms with E-state index in [4.69, 9.17) is 11.6 Å². The summed E-state index contributed by atoms with van der Waals surface area (Å²) in [6.07, 6.45) is -0.346. The molecule has 0 atom stereocenters. The normalized spacial score (nSPS) is 11.4. The molecule has 2 heterocycles. The second-order valence-corrected chi connectivity index (χ2v) is 6.32. The monoisotopic (exact) mass is 417 g/mol. The summed E-state index contributed by atoms with van der Waals surface area (Å²) in [6, 6.07) is 3.48. The number of anilines is 1. The molecule has 2 amide bonds. The van der Waals surface area contributed by atoms with E-state index in [0.717, 1.165) is 7.05 Å². The Hall–Kier alpha value is -2.62. The molecule has 11 heteroatoms. The van der Waals surface area contributed by atoms with Crippen LogP contribution in [0.2, 0.25) is 5.15 Å². The number of hydrogen-bond donors (Lipinski definition) is 0. The van der Waals surface area contributed by atoms with Crippen molar-refractivity contribution in [3.05, 3.63) is 35.9 Å². The highest BCUT2D eigenvalue weighted by molar-refractivity contribution is 6.32. The minimum Gasteiger partial charge on any atom is -0.337 e. The van der Waals surface area contributed by atoms with Crippen LogP contribution >= 0.6 is 11.6 Å². The Morgan fingerprint density at radius 1 is 1.25 bits per heavy atom. The molecule has 0 spiro atoms. The molecule has 2 aromatic rings. The molecule has 0 bridgehead atoms. The van der Waals surface area contributed by atoms with E-state index < -0.39 is 24.5 Å². The molecule has 2 rings (SSSR count). The molecule has 0 aliphatic heterocycles. The number of carbonyl (C=O) groups excluding carboxylic acids is 2. The van der Waals surface area contributed by atoms with Crippen molar-refractivity contribution >= 4 is 29.1 Å². The molecule has 0 saturated carbocycles. The number of carbonyl (C=O) groups is 2. The summed E-state index contributed by atoms with van der Waals surface area (Å²) >= 11 is 6.15. The van der Waals surface area contributed by atoms with Gasteiger partial charge in [0.1, 0.15) is 12.2 Å². The molecule has 7 nitrogen and oxygen atoms in total. The lowest BCUT2D eigenvalue weighted by atomic mass is 10.2. The van der Waals surface area contributed by atoms with Crippen molar-refractivity contribution in [2.24, 2.45) is 0 Å². The second kappa shape index (κ2) is 9.05. The van der Waals surface area contributed by atoms with Crippen LogP contribution in [0.25, 0.3) is 5.69 Å². The second-order valence-electron chi connectivity index (χ2n) is 5.96. The van der Waals surface area contributed by atoms with Crippen molar-refractivity contribution < 1.29 is 22.8 Å². The zero-order valence-electron chi connectivity index (χ0n) is 15.3. The molecule has 0 aromatic carbocycles. The third-order valence-corrected chi connectivity index (χ3v) is 4.13. The Kier molecular flexibility index (Phi) is 7.00. The molecular weight excluding hydrogens is 399 g/mol. The smallest absolute Gasteiger partial charge is 0.337 e. The number of amides is 2. The van der Waals surface area contributed by atoms with Gasteiger partial charge in [0, 0.05) is 32.6 Å². The zero-order valence-corrected chi connectivity index (χ0v) is 16.0. The van der Waals surface area contributed by atoms with Gasteiger partial charge in [-0.3, -0.25) is 14.6 Å². The first-order chi connectivity index (χ1) is 13.1. The molecule has 0 aliphatic carbocycles. The van der Waals surface area contributed by atoms with E-state index in [-0.39, 0.29) is 24.5 Å². The molecular formula is C17H19ClF3N5O2. The summed E-state index contributed by atoms with van der Waals surface area (Å²) in [5.41, 5.74) is 0.984. The predicted molar refractivity (Wildman–Crippen MR) is 97.3 cm³/mol. The number of pyridine rings is 1. The molecule has 0 aliphatic rings. The number of hydrogen-bond acceptors (Lipinski definition) is 4. The highest BCUT2D eigenvalue weighted by Crippen LogP contribution is 2.26. The van der Waals surface area contributed by atoms with Gasteiger partial charge in [0.25, 0.3) is 0 Å². The van der Waals surface area contributed by atoms with Gasteiger partial charge in [0.2, 0.25) is 11.8 Å². The van der Waals surface area contributed by atoms with Crippen molar-refractivity contribution in [1.29, 1.82) is 0 Å². The summed E-state index contributed by atoms with van der Waals surface area (Å²) < 4.78 is 38.5. The lowest BCUT2D eigenvalue weighted by molar-refractivity contribution is -0.158. The lowest BCUT2D eigenvalue weighted by Gasteiger charge is -2.21. The first-order valence-electron chi connectivity index (χ1n) is 8.39. The first kappa shape index (κ1) is 21.7. The minimum absolute atomic E-state index is 0.0829. The van der Waals surface area contributed by atoms with Gasteiger partial charge < -0.3 is 9.80 Å².